The Morgan fingerprint density at radius 2 is 1.68 bits per heavy atom. The van der Waals surface area contributed by atoms with Crippen molar-refractivity contribution in [1.82, 2.24) is 20.6 Å². The summed E-state index contributed by atoms with van der Waals surface area (Å²) in [5.41, 5.74) is 1.08. The highest BCUT2D eigenvalue weighted by Crippen LogP contribution is 2.31. The summed E-state index contributed by atoms with van der Waals surface area (Å²) in [4.78, 5) is 12.9. The van der Waals surface area contributed by atoms with Crippen molar-refractivity contribution in [2.45, 2.75) is 45.6 Å². The first-order valence-electron chi connectivity index (χ1n) is 12.5. The molecule has 9 heteroatoms. The number of aromatic nitrogens is 4. The number of anilines is 1. The first-order chi connectivity index (χ1) is 18.2. The average molecular weight is 502 g/mol. The molecule has 0 bridgehead atoms. The van der Waals surface area contributed by atoms with Gasteiger partial charge in [-0.05, 0) is 65.4 Å². The molecule has 1 aromatic heterocycles. The van der Waals surface area contributed by atoms with Gasteiger partial charge in [0.2, 0.25) is 0 Å². The van der Waals surface area contributed by atoms with Crippen LogP contribution in [0.2, 0.25) is 0 Å². The Kier molecular flexibility index (Phi) is 9.46. The number of aromatic amines is 1. The van der Waals surface area contributed by atoms with Crippen LogP contribution < -0.4 is 19.5 Å². The normalized spacial score (nSPS) is 10.6. The number of para-hydroxylation sites is 2. The van der Waals surface area contributed by atoms with Crippen molar-refractivity contribution < 1.29 is 19.0 Å². The zero-order valence-electron chi connectivity index (χ0n) is 20.9. The second-order valence-corrected chi connectivity index (χ2v) is 8.45. The molecular weight excluding hydrogens is 470 g/mol. The van der Waals surface area contributed by atoms with Gasteiger partial charge >= 0.3 is 0 Å². The molecule has 0 aliphatic heterocycles. The number of nitrogens with one attached hydrogen (secondary N) is 2. The van der Waals surface area contributed by atoms with Gasteiger partial charge in [-0.25, -0.2) is 5.10 Å². The molecule has 2 N–H and O–H groups in total. The molecule has 4 aromatic rings. The van der Waals surface area contributed by atoms with Crippen LogP contribution in [0.4, 0.5) is 5.69 Å². The maximum Gasteiger partial charge on any atom is 0.255 e. The lowest BCUT2D eigenvalue weighted by Crippen LogP contribution is -2.12. The molecule has 9 nitrogen and oxygen atoms in total. The molecule has 37 heavy (non-hydrogen) atoms. The van der Waals surface area contributed by atoms with Crippen molar-refractivity contribution in [3.8, 4) is 23.0 Å². The number of hydrogen-bond acceptors (Lipinski definition) is 7. The van der Waals surface area contributed by atoms with E-state index in [9.17, 15) is 4.79 Å². The minimum Gasteiger partial charge on any atom is -0.494 e. The van der Waals surface area contributed by atoms with Crippen molar-refractivity contribution >= 4 is 11.6 Å². The number of unbranched alkanes of at least 4 members (excludes halogenated alkanes) is 4. The SMILES string of the molecule is CCCCCCCOc1ccc(C(=O)Nc2ccccc2Oc2cccc(OCc3nnn[nH]3)c2)cc1. The molecular formula is C28H31N5O4. The predicted molar refractivity (Wildman–Crippen MR) is 140 cm³/mol. The molecule has 0 saturated carbocycles. The molecule has 0 aliphatic carbocycles. The minimum absolute atomic E-state index is 0.200. The van der Waals surface area contributed by atoms with Gasteiger partial charge < -0.3 is 19.5 Å². The number of amides is 1. The Bertz CT molecular complexity index is 1250. The number of benzene rings is 3. The van der Waals surface area contributed by atoms with E-state index in [0.717, 1.165) is 12.2 Å². The third kappa shape index (κ3) is 8.06. The zero-order chi connectivity index (χ0) is 25.7. The van der Waals surface area contributed by atoms with Gasteiger partial charge in [0, 0.05) is 11.6 Å². The summed E-state index contributed by atoms with van der Waals surface area (Å²) < 4.78 is 17.6. The Labute approximate surface area is 216 Å². The first-order valence-corrected chi connectivity index (χ1v) is 12.5. The summed E-state index contributed by atoms with van der Waals surface area (Å²) >= 11 is 0. The van der Waals surface area contributed by atoms with Crippen molar-refractivity contribution in [1.29, 1.82) is 0 Å². The van der Waals surface area contributed by atoms with E-state index in [0.29, 0.717) is 40.9 Å². The molecule has 0 spiro atoms. The molecule has 0 saturated heterocycles. The second-order valence-electron chi connectivity index (χ2n) is 8.45. The van der Waals surface area contributed by atoms with E-state index in [-0.39, 0.29) is 12.5 Å². The van der Waals surface area contributed by atoms with Gasteiger partial charge in [0.25, 0.3) is 5.91 Å². The molecule has 0 radical (unpaired) electrons. The van der Waals surface area contributed by atoms with Crippen LogP contribution in [0.1, 0.15) is 55.2 Å². The monoisotopic (exact) mass is 501 g/mol. The lowest BCUT2D eigenvalue weighted by molar-refractivity contribution is 0.102. The summed E-state index contributed by atoms with van der Waals surface area (Å²) in [7, 11) is 0. The molecule has 3 aromatic carbocycles. The van der Waals surface area contributed by atoms with Crippen LogP contribution in [0.15, 0.2) is 72.8 Å². The van der Waals surface area contributed by atoms with E-state index in [4.69, 9.17) is 14.2 Å². The summed E-state index contributed by atoms with van der Waals surface area (Å²) in [5.74, 6) is 2.71. The Hall–Kier alpha value is -4.40. The van der Waals surface area contributed by atoms with Gasteiger partial charge in [0.1, 0.15) is 23.9 Å². The molecule has 1 heterocycles. The van der Waals surface area contributed by atoms with Gasteiger partial charge in [0.05, 0.1) is 12.3 Å². The van der Waals surface area contributed by atoms with Crippen LogP contribution in [-0.4, -0.2) is 33.1 Å². The van der Waals surface area contributed by atoms with Crippen molar-refractivity contribution in [2.24, 2.45) is 0 Å². The molecule has 0 atom stereocenters. The Morgan fingerprint density at radius 3 is 2.49 bits per heavy atom. The molecule has 0 fully saturated rings. The topological polar surface area (TPSA) is 111 Å². The lowest BCUT2D eigenvalue weighted by atomic mass is 10.1. The highest BCUT2D eigenvalue weighted by atomic mass is 16.5. The van der Waals surface area contributed by atoms with Crippen molar-refractivity contribution in [2.75, 3.05) is 11.9 Å². The van der Waals surface area contributed by atoms with E-state index < -0.39 is 0 Å². The largest absolute Gasteiger partial charge is 0.494 e. The molecule has 1 amide bonds. The van der Waals surface area contributed by atoms with Gasteiger partial charge in [0.15, 0.2) is 11.6 Å². The lowest BCUT2D eigenvalue weighted by Gasteiger charge is -2.13. The van der Waals surface area contributed by atoms with Crippen LogP contribution in [0.5, 0.6) is 23.0 Å². The third-order valence-corrected chi connectivity index (χ3v) is 5.57. The summed E-state index contributed by atoms with van der Waals surface area (Å²) in [6.07, 6.45) is 5.94. The average Bonchev–Trinajstić information content (AvgIpc) is 3.45. The van der Waals surface area contributed by atoms with Crippen molar-refractivity contribution in [3.63, 3.8) is 0 Å². The summed E-state index contributed by atoms with van der Waals surface area (Å²) in [6.45, 7) is 3.09. The standard InChI is InChI=1S/C28H31N5O4/c1-2-3-4-5-8-18-35-22-16-14-21(15-17-22)28(34)29-25-12-6-7-13-26(25)37-24-11-9-10-23(19-24)36-20-27-30-32-33-31-27/h6-7,9-17,19H,2-5,8,18,20H2,1H3,(H,29,34)(H,30,31,32,33). The number of ether oxygens (including phenoxy) is 3. The van der Waals surface area contributed by atoms with E-state index in [1.54, 1.807) is 30.3 Å². The smallest absolute Gasteiger partial charge is 0.255 e. The number of hydrogen-bond donors (Lipinski definition) is 2. The van der Waals surface area contributed by atoms with Crippen LogP contribution in [0.3, 0.4) is 0 Å². The Balaban J connectivity index is 1.32. The first kappa shape index (κ1) is 25.7. The van der Waals surface area contributed by atoms with Gasteiger partial charge in [-0.3, -0.25) is 4.79 Å². The number of rotatable bonds is 14. The van der Waals surface area contributed by atoms with Crippen molar-refractivity contribution in [3.05, 3.63) is 84.2 Å². The molecule has 0 unspecified atom stereocenters. The number of carbonyl (C=O) groups is 1. The third-order valence-electron chi connectivity index (χ3n) is 5.57. The fourth-order valence-electron chi connectivity index (χ4n) is 3.60. The summed E-state index contributed by atoms with van der Waals surface area (Å²) in [5, 5.41) is 16.4. The number of H-pyrrole nitrogens is 1. The van der Waals surface area contributed by atoms with Gasteiger partial charge in [-0.15, -0.1) is 5.10 Å². The highest BCUT2D eigenvalue weighted by Gasteiger charge is 2.11. The number of carbonyl (C=O) groups excluding carboxylic acids is 1. The highest BCUT2D eigenvalue weighted by molar-refractivity contribution is 6.05. The maximum atomic E-state index is 12.9. The van der Waals surface area contributed by atoms with E-state index >= 15 is 0 Å². The molecule has 0 aliphatic rings. The van der Waals surface area contributed by atoms with Crippen LogP contribution in [0, 0.1) is 0 Å². The van der Waals surface area contributed by atoms with E-state index in [1.807, 2.05) is 42.5 Å². The predicted octanol–water partition coefficient (Wildman–Crippen LogP) is 6.17. The van der Waals surface area contributed by atoms with E-state index in [1.165, 1.54) is 25.7 Å². The fourth-order valence-corrected chi connectivity index (χ4v) is 3.60. The fraction of sp³-hybridized carbons (Fsp3) is 0.286. The quantitative estimate of drug-likeness (QED) is 0.199. The van der Waals surface area contributed by atoms with E-state index in [2.05, 4.69) is 32.9 Å². The molecule has 192 valence electrons. The van der Waals surface area contributed by atoms with Gasteiger partial charge in [-0.1, -0.05) is 50.8 Å². The minimum atomic E-state index is -0.236. The van der Waals surface area contributed by atoms with Crippen LogP contribution in [0.25, 0.3) is 0 Å². The maximum absolute atomic E-state index is 12.9. The molecule has 4 rings (SSSR count). The second kappa shape index (κ2) is 13.6. The van der Waals surface area contributed by atoms with Crippen LogP contribution in [-0.2, 0) is 6.61 Å². The van der Waals surface area contributed by atoms with Crippen LogP contribution >= 0.6 is 0 Å². The number of tetrazole rings is 1. The van der Waals surface area contributed by atoms with Gasteiger partial charge in [-0.2, -0.15) is 0 Å². The summed E-state index contributed by atoms with van der Waals surface area (Å²) in [6, 6.07) is 21.6. The number of nitrogens with zero attached hydrogens (tertiary/aromatic N) is 3. The zero-order valence-corrected chi connectivity index (χ0v) is 20.9. The Morgan fingerprint density at radius 1 is 0.865 bits per heavy atom.